The molecule has 1 heterocycles. The van der Waals surface area contributed by atoms with Gasteiger partial charge in [-0.1, -0.05) is 49.8 Å². The van der Waals surface area contributed by atoms with Crippen LogP contribution in [-0.4, -0.2) is 35.8 Å². The number of carbonyl (C=O) groups excluding carboxylic acids is 2. The Hall–Kier alpha value is -1.94. The van der Waals surface area contributed by atoms with Crippen molar-refractivity contribution in [3.05, 3.63) is 48.6 Å². The van der Waals surface area contributed by atoms with Gasteiger partial charge >= 0.3 is 5.97 Å². The van der Waals surface area contributed by atoms with Gasteiger partial charge in [0, 0.05) is 18.5 Å². The highest BCUT2D eigenvalue weighted by atomic mass is 16.5. The minimum atomic E-state index is -0.384. The van der Waals surface area contributed by atoms with Crippen LogP contribution in [0, 0.1) is 5.92 Å². The minimum absolute atomic E-state index is 0.128. The molecule has 0 unspecified atom stereocenters. The van der Waals surface area contributed by atoms with Crippen molar-refractivity contribution in [2.75, 3.05) is 6.61 Å². The number of carbonyl (C=O) groups is 2. The van der Waals surface area contributed by atoms with Gasteiger partial charge in [0.15, 0.2) is 0 Å². The maximum atomic E-state index is 12.4. The fourth-order valence-corrected chi connectivity index (χ4v) is 3.09. The Balaban J connectivity index is 2.14. The van der Waals surface area contributed by atoms with E-state index in [0.29, 0.717) is 19.6 Å². The van der Waals surface area contributed by atoms with Crippen molar-refractivity contribution < 1.29 is 14.3 Å². The molecule has 1 aromatic rings. The van der Waals surface area contributed by atoms with Gasteiger partial charge < -0.3 is 9.53 Å². The average Bonchev–Trinajstić information content (AvgIpc) is 2.93. The van der Waals surface area contributed by atoms with Crippen molar-refractivity contribution in [3.63, 3.8) is 0 Å². The summed E-state index contributed by atoms with van der Waals surface area (Å²) in [7, 11) is 0. The van der Waals surface area contributed by atoms with Gasteiger partial charge in [0.25, 0.3) is 0 Å². The maximum Gasteiger partial charge on any atom is 0.323 e. The van der Waals surface area contributed by atoms with E-state index in [0.717, 1.165) is 24.7 Å². The van der Waals surface area contributed by atoms with Crippen LogP contribution in [0.5, 0.6) is 0 Å². The second-order valence-electron chi connectivity index (χ2n) is 5.96. The SMILES string of the molecule is C=C[C@H]1[C@@H](C=O)C[C@H](C(=O)OCCCC)N1Cc1ccccc1. The summed E-state index contributed by atoms with van der Waals surface area (Å²) in [5, 5.41) is 0. The molecule has 2 rings (SSSR count). The second-order valence-corrected chi connectivity index (χ2v) is 5.96. The van der Waals surface area contributed by atoms with Crippen LogP contribution >= 0.6 is 0 Å². The van der Waals surface area contributed by atoms with Gasteiger partial charge in [-0.25, -0.2) is 0 Å². The van der Waals surface area contributed by atoms with Crippen LogP contribution in [0.3, 0.4) is 0 Å². The molecular weight excluding hydrogens is 290 g/mol. The normalized spacial score (nSPS) is 24.3. The lowest BCUT2D eigenvalue weighted by molar-refractivity contribution is -0.149. The summed E-state index contributed by atoms with van der Waals surface area (Å²) in [5.74, 6) is -0.439. The van der Waals surface area contributed by atoms with Crippen LogP contribution in [0.1, 0.15) is 31.7 Å². The molecule has 0 amide bonds. The van der Waals surface area contributed by atoms with Crippen LogP contribution in [0.15, 0.2) is 43.0 Å². The molecule has 4 heteroatoms. The van der Waals surface area contributed by atoms with Gasteiger partial charge in [-0.2, -0.15) is 0 Å². The predicted molar refractivity (Wildman–Crippen MR) is 89.8 cm³/mol. The first kappa shape index (κ1) is 17.4. The van der Waals surface area contributed by atoms with Gasteiger partial charge in [-0.15, -0.1) is 6.58 Å². The second kappa shape index (κ2) is 8.63. The Labute approximate surface area is 138 Å². The van der Waals surface area contributed by atoms with Gasteiger partial charge in [-0.3, -0.25) is 9.69 Å². The predicted octanol–water partition coefficient (Wildman–Crippen LogP) is 2.97. The molecule has 0 bridgehead atoms. The van der Waals surface area contributed by atoms with E-state index in [2.05, 4.69) is 13.5 Å². The molecule has 1 fully saturated rings. The number of ether oxygens (including phenoxy) is 1. The van der Waals surface area contributed by atoms with Crippen LogP contribution in [0.2, 0.25) is 0 Å². The lowest BCUT2D eigenvalue weighted by Crippen LogP contribution is -2.41. The summed E-state index contributed by atoms with van der Waals surface area (Å²) in [4.78, 5) is 25.8. The Morgan fingerprint density at radius 2 is 2.13 bits per heavy atom. The molecule has 0 aromatic heterocycles. The van der Waals surface area contributed by atoms with Crippen molar-refractivity contribution in [1.82, 2.24) is 4.90 Å². The third-order valence-electron chi connectivity index (χ3n) is 4.36. The van der Waals surface area contributed by atoms with Gasteiger partial charge in [0.1, 0.15) is 12.3 Å². The van der Waals surface area contributed by atoms with Crippen LogP contribution in [0.4, 0.5) is 0 Å². The molecule has 1 aliphatic rings. The number of hydrogen-bond donors (Lipinski definition) is 0. The number of rotatable bonds is 8. The number of nitrogens with zero attached hydrogens (tertiary/aromatic N) is 1. The highest BCUT2D eigenvalue weighted by Gasteiger charge is 2.43. The average molecular weight is 315 g/mol. The summed E-state index contributed by atoms with van der Waals surface area (Å²) in [6.07, 6.45) is 5.04. The number of esters is 1. The summed E-state index contributed by atoms with van der Waals surface area (Å²) in [5.41, 5.74) is 1.11. The highest BCUT2D eigenvalue weighted by molar-refractivity contribution is 5.77. The first-order valence-electron chi connectivity index (χ1n) is 8.25. The number of likely N-dealkylation sites (tertiary alicyclic amines) is 1. The standard InChI is InChI=1S/C19H25NO3/c1-3-5-11-23-19(22)18-12-16(14-21)17(4-2)20(18)13-15-9-7-6-8-10-15/h4,6-10,14,16-18H,2-3,5,11-13H2,1H3/t16-,17+,18-/m1/s1. The minimum Gasteiger partial charge on any atom is -0.465 e. The third-order valence-corrected chi connectivity index (χ3v) is 4.36. The topological polar surface area (TPSA) is 46.6 Å². The quantitative estimate of drug-likeness (QED) is 0.320. The number of hydrogen-bond acceptors (Lipinski definition) is 4. The van der Waals surface area contributed by atoms with E-state index in [1.54, 1.807) is 6.08 Å². The highest BCUT2D eigenvalue weighted by Crippen LogP contribution is 2.32. The lowest BCUT2D eigenvalue weighted by Gasteiger charge is -2.28. The molecule has 0 spiro atoms. The molecule has 0 aliphatic carbocycles. The van der Waals surface area contributed by atoms with Gasteiger partial charge in [-0.05, 0) is 18.4 Å². The van der Waals surface area contributed by atoms with Crippen LogP contribution in [0.25, 0.3) is 0 Å². The number of unbranched alkanes of at least 4 members (excludes halogenated alkanes) is 1. The zero-order chi connectivity index (χ0) is 16.7. The molecule has 1 saturated heterocycles. The maximum absolute atomic E-state index is 12.4. The Kier molecular flexibility index (Phi) is 6.53. The number of benzene rings is 1. The summed E-state index contributed by atoms with van der Waals surface area (Å²) in [6.45, 7) is 6.95. The Morgan fingerprint density at radius 3 is 2.74 bits per heavy atom. The van der Waals surface area contributed by atoms with E-state index in [9.17, 15) is 9.59 Å². The van der Waals surface area contributed by atoms with E-state index >= 15 is 0 Å². The van der Waals surface area contributed by atoms with Crippen molar-refractivity contribution in [2.24, 2.45) is 5.92 Å². The largest absolute Gasteiger partial charge is 0.465 e. The monoisotopic (exact) mass is 315 g/mol. The van der Waals surface area contributed by atoms with E-state index in [4.69, 9.17) is 4.74 Å². The van der Waals surface area contributed by atoms with Gasteiger partial charge in [0.2, 0.25) is 0 Å². The fraction of sp³-hybridized carbons (Fsp3) is 0.474. The molecule has 0 radical (unpaired) electrons. The van der Waals surface area contributed by atoms with Crippen molar-refractivity contribution >= 4 is 12.3 Å². The first-order valence-corrected chi connectivity index (χ1v) is 8.25. The molecule has 4 nitrogen and oxygen atoms in total. The summed E-state index contributed by atoms with van der Waals surface area (Å²) >= 11 is 0. The molecule has 3 atom stereocenters. The molecule has 0 saturated carbocycles. The van der Waals surface area contributed by atoms with Crippen molar-refractivity contribution in [2.45, 2.75) is 44.8 Å². The zero-order valence-corrected chi connectivity index (χ0v) is 13.7. The Bertz CT molecular complexity index is 529. The molecule has 1 aliphatic heterocycles. The van der Waals surface area contributed by atoms with Gasteiger partial charge in [0.05, 0.1) is 6.61 Å². The van der Waals surface area contributed by atoms with Crippen molar-refractivity contribution in [1.29, 1.82) is 0 Å². The van der Waals surface area contributed by atoms with E-state index in [-0.39, 0.29) is 24.0 Å². The molecule has 23 heavy (non-hydrogen) atoms. The van der Waals surface area contributed by atoms with E-state index < -0.39 is 0 Å². The summed E-state index contributed by atoms with van der Waals surface area (Å²) in [6, 6.07) is 9.44. The Morgan fingerprint density at radius 1 is 1.39 bits per heavy atom. The fourth-order valence-electron chi connectivity index (χ4n) is 3.09. The molecule has 1 aromatic carbocycles. The third kappa shape index (κ3) is 4.29. The van der Waals surface area contributed by atoms with E-state index in [1.807, 2.05) is 35.2 Å². The lowest BCUT2D eigenvalue weighted by atomic mass is 10.0. The van der Waals surface area contributed by atoms with E-state index in [1.165, 1.54) is 0 Å². The molecule has 124 valence electrons. The van der Waals surface area contributed by atoms with Crippen LogP contribution in [-0.2, 0) is 20.9 Å². The van der Waals surface area contributed by atoms with Crippen molar-refractivity contribution in [3.8, 4) is 0 Å². The number of aldehydes is 1. The smallest absolute Gasteiger partial charge is 0.323 e. The first-order chi connectivity index (χ1) is 11.2. The zero-order valence-electron chi connectivity index (χ0n) is 13.7. The molecular formula is C19H25NO3. The molecule has 0 N–H and O–H groups in total. The summed E-state index contributed by atoms with van der Waals surface area (Å²) < 4.78 is 5.39. The van der Waals surface area contributed by atoms with Crippen LogP contribution < -0.4 is 0 Å².